The lowest BCUT2D eigenvalue weighted by Gasteiger charge is -2.33. The van der Waals surface area contributed by atoms with E-state index < -0.39 is 0 Å². The molecule has 8 heteroatoms. The lowest BCUT2D eigenvalue weighted by Crippen LogP contribution is -2.44. The molecule has 4 aromatic rings. The first-order valence-corrected chi connectivity index (χ1v) is 9.16. The Kier molecular flexibility index (Phi) is 3.39. The zero-order valence-corrected chi connectivity index (χ0v) is 14.6. The molecule has 0 radical (unpaired) electrons. The third-order valence-corrected chi connectivity index (χ3v) is 5.74. The molecule has 1 saturated heterocycles. The van der Waals surface area contributed by atoms with Gasteiger partial charge in [0.2, 0.25) is 0 Å². The first-order valence-electron chi connectivity index (χ1n) is 8.28. The molecule has 1 aliphatic heterocycles. The molecule has 0 bridgehead atoms. The number of piperazine rings is 1. The predicted octanol–water partition coefficient (Wildman–Crippen LogP) is 2.38. The van der Waals surface area contributed by atoms with Gasteiger partial charge in [-0.2, -0.15) is 0 Å². The third kappa shape index (κ3) is 2.45. The molecule has 1 aliphatic rings. The molecule has 126 valence electrons. The molecule has 0 saturated carbocycles. The van der Waals surface area contributed by atoms with Crippen LogP contribution in [0.4, 0.5) is 5.82 Å². The Labute approximate surface area is 148 Å². The van der Waals surface area contributed by atoms with Gasteiger partial charge in [-0.05, 0) is 35.0 Å². The highest BCUT2D eigenvalue weighted by molar-refractivity contribution is 7.18. The van der Waals surface area contributed by atoms with Crippen molar-refractivity contribution in [3.8, 4) is 11.4 Å². The minimum absolute atomic E-state index is 0.663. The molecule has 4 heterocycles. The Morgan fingerprint density at radius 2 is 1.96 bits per heavy atom. The second kappa shape index (κ2) is 5.75. The predicted molar refractivity (Wildman–Crippen MR) is 100 cm³/mol. The van der Waals surface area contributed by atoms with E-state index in [0.717, 1.165) is 43.1 Å². The Hall–Kier alpha value is -2.58. The summed E-state index contributed by atoms with van der Waals surface area (Å²) in [4.78, 5) is 9.78. The number of fused-ring (bicyclic) bond motifs is 3. The number of nitrogens with zero attached hydrogens (tertiary/aromatic N) is 6. The summed E-state index contributed by atoms with van der Waals surface area (Å²) in [5.41, 5.74) is 1.93. The van der Waals surface area contributed by atoms with Gasteiger partial charge in [-0.3, -0.25) is 0 Å². The van der Waals surface area contributed by atoms with E-state index in [2.05, 4.69) is 61.1 Å². The number of tetrazole rings is 1. The van der Waals surface area contributed by atoms with Gasteiger partial charge in [0.25, 0.3) is 0 Å². The normalized spacial score (nSPS) is 16.1. The van der Waals surface area contributed by atoms with E-state index in [4.69, 9.17) is 4.98 Å². The summed E-state index contributed by atoms with van der Waals surface area (Å²) >= 11 is 1.77. The van der Waals surface area contributed by atoms with Gasteiger partial charge < -0.3 is 9.80 Å². The van der Waals surface area contributed by atoms with Gasteiger partial charge in [-0.1, -0.05) is 12.1 Å². The Morgan fingerprint density at radius 3 is 2.76 bits per heavy atom. The van der Waals surface area contributed by atoms with Crippen LogP contribution in [0.5, 0.6) is 0 Å². The lowest BCUT2D eigenvalue weighted by molar-refractivity contribution is 0.312. The number of pyridine rings is 1. The fraction of sp³-hybridized carbons (Fsp3) is 0.294. The van der Waals surface area contributed by atoms with Gasteiger partial charge >= 0.3 is 0 Å². The van der Waals surface area contributed by atoms with Crippen molar-refractivity contribution < 1.29 is 0 Å². The van der Waals surface area contributed by atoms with Crippen molar-refractivity contribution in [3.05, 3.63) is 29.6 Å². The number of hydrogen-bond donors (Lipinski definition) is 1. The summed E-state index contributed by atoms with van der Waals surface area (Å²) in [6.07, 6.45) is 0. The standard InChI is InChI=1S/C17H17N7S/c1-23-5-7-24(8-6-23)17-13-4-9-25-15(13)12-3-2-11(10-14(12)18-17)16-19-21-22-20-16/h2-4,9-10H,5-8H2,1H3,(H,19,20,21,22). The highest BCUT2D eigenvalue weighted by Gasteiger charge is 2.20. The molecule has 1 fully saturated rings. The number of rotatable bonds is 2. The molecule has 7 nitrogen and oxygen atoms in total. The summed E-state index contributed by atoms with van der Waals surface area (Å²) in [6.45, 7) is 4.14. The summed E-state index contributed by atoms with van der Waals surface area (Å²) < 4.78 is 1.29. The van der Waals surface area contributed by atoms with Crippen molar-refractivity contribution in [2.75, 3.05) is 38.1 Å². The number of benzene rings is 1. The van der Waals surface area contributed by atoms with Crippen molar-refractivity contribution in [2.45, 2.75) is 0 Å². The molecular formula is C17H17N7S. The van der Waals surface area contributed by atoms with Crippen LogP contribution in [-0.4, -0.2) is 63.7 Å². The van der Waals surface area contributed by atoms with E-state index in [1.165, 1.54) is 15.5 Å². The van der Waals surface area contributed by atoms with Gasteiger partial charge in [-0.15, -0.1) is 16.4 Å². The largest absolute Gasteiger partial charge is 0.353 e. The van der Waals surface area contributed by atoms with E-state index >= 15 is 0 Å². The van der Waals surface area contributed by atoms with Gasteiger partial charge in [0.15, 0.2) is 5.82 Å². The average Bonchev–Trinajstić information content (AvgIpc) is 3.33. The second-order valence-electron chi connectivity index (χ2n) is 6.37. The van der Waals surface area contributed by atoms with Crippen LogP contribution in [-0.2, 0) is 0 Å². The number of aromatic nitrogens is 5. The minimum Gasteiger partial charge on any atom is -0.353 e. The number of hydrogen-bond acceptors (Lipinski definition) is 7. The first kappa shape index (κ1) is 14.7. The molecule has 1 aromatic carbocycles. The monoisotopic (exact) mass is 351 g/mol. The highest BCUT2D eigenvalue weighted by Crippen LogP contribution is 2.36. The molecule has 5 rings (SSSR count). The smallest absolute Gasteiger partial charge is 0.179 e. The van der Waals surface area contributed by atoms with E-state index in [9.17, 15) is 0 Å². The van der Waals surface area contributed by atoms with Crippen LogP contribution in [0, 0.1) is 0 Å². The highest BCUT2D eigenvalue weighted by atomic mass is 32.1. The first-order chi connectivity index (χ1) is 12.3. The van der Waals surface area contributed by atoms with Gasteiger partial charge in [-0.25, -0.2) is 10.1 Å². The zero-order valence-electron chi connectivity index (χ0n) is 13.8. The van der Waals surface area contributed by atoms with Crippen LogP contribution in [0.15, 0.2) is 29.6 Å². The fourth-order valence-electron chi connectivity index (χ4n) is 3.37. The van der Waals surface area contributed by atoms with Gasteiger partial charge in [0.05, 0.1) is 5.52 Å². The second-order valence-corrected chi connectivity index (χ2v) is 7.29. The summed E-state index contributed by atoms with van der Waals surface area (Å²) in [7, 11) is 2.17. The number of likely N-dealkylation sites (N-methyl/N-ethyl adjacent to an activating group) is 1. The van der Waals surface area contributed by atoms with Crippen LogP contribution in [0.2, 0.25) is 0 Å². The van der Waals surface area contributed by atoms with E-state index in [-0.39, 0.29) is 0 Å². The zero-order chi connectivity index (χ0) is 16.8. The minimum atomic E-state index is 0.663. The molecule has 0 aliphatic carbocycles. The van der Waals surface area contributed by atoms with E-state index in [1.807, 2.05) is 6.07 Å². The quantitative estimate of drug-likeness (QED) is 0.598. The fourth-order valence-corrected chi connectivity index (χ4v) is 4.30. The Bertz CT molecular complexity index is 1030. The molecule has 0 amide bonds. The molecule has 0 atom stereocenters. The topological polar surface area (TPSA) is 73.8 Å². The number of thiophene rings is 1. The lowest BCUT2D eigenvalue weighted by atomic mass is 10.1. The molecular weight excluding hydrogens is 334 g/mol. The van der Waals surface area contributed by atoms with Crippen molar-refractivity contribution in [1.29, 1.82) is 0 Å². The number of anilines is 1. The summed E-state index contributed by atoms with van der Waals surface area (Å²) in [6, 6.07) is 8.41. The van der Waals surface area contributed by atoms with Crippen molar-refractivity contribution in [2.24, 2.45) is 0 Å². The average molecular weight is 351 g/mol. The Balaban J connectivity index is 1.69. The molecule has 25 heavy (non-hydrogen) atoms. The SMILES string of the molecule is CN1CCN(c2nc3cc(-c4nnn[nH]4)ccc3c3sccc23)CC1. The third-order valence-electron chi connectivity index (χ3n) is 4.80. The van der Waals surface area contributed by atoms with Gasteiger partial charge in [0.1, 0.15) is 5.82 Å². The van der Waals surface area contributed by atoms with Crippen molar-refractivity contribution >= 4 is 38.1 Å². The van der Waals surface area contributed by atoms with Crippen LogP contribution < -0.4 is 4.90 Å². The van der Waals surface area contributed by atoms with Crippen molar-refractivity contribution in [3.63, 3.8) is 0 Å². The molecule has 3 aromatic heterocycles. The van der Waals surface area contributed by atoms with Crippen LogP contribution in [0.25, 0.3) is 32.4 Å². The van der Waals surface area contributed by atoms with Crippen LogP contribution >= 0.6 is 11.3 Å². The van der Waals surface area contributed by atoms with E-state index in [0.29, 0.717) is 5.82 Å². The van der Waals surface area contributed by atoms with Crippen LogP contribution in [0.1, 0.15) is 0 Å². The molecule has 1 N–H and O–H groups in total. The maximum atomic E-state index is 5.03. The van der Waals surface area contributed by atoms with Crippen LogP contribution in [0.3, 0.4) is 0 Å². The molecule has 0 spiro atoms. The maximum absolute atomic E-state index is 5.03. The molecule has 0 unspecified atom stereocenters. The number of nitrogens with one attached hydrogen (secondary N) is 1. The van der Waals surface area contributed by atoms with Crippen molar-refractivity contribution in [1.82, 2.24) is 30.5 Å². The summed E-state index contributed by atoms with van der Waals surface area (Å²) in [5, 5.41) is 18.7. The Morgan fingerprint density at radius 1 is 1.08 bits per heavy atom. The van der Waals surface area contributed by atoms with Gasteiger partial charge in [0, 0.05) is 47.2 Å². The summed E-state index contributed by atoms with van der Waals surface area (Å²) in [5.74, 6) is 1.75. The number of aromatic amines is 1. The maximum Gasteiger partial charge on any atom is 0.179 e. The van der Waals surface area contributed by atoms with E-state index in [1.54, 1.807) is 11.3 Å². The number of H-pyrrole nitrogens is 1.